The van der Waals surface area contributed by atoms with Gasteiger partial charge in [0.15, 0.2) is 9.84 Å². The van der Waals surface area contributed by atoms with E-state index in [1.54, 1.807) is 0 Å². The Morgan fingerprint density at radius 2 is 1.86 bits per heavy atom. The molecular formula is C16H23NO4S. The maximum Gasteiger partial charge on any atom is 0.307 e. The van der Waals surface area contributed by atoms with E-state index in [1.807, 2.05) is 37.4 Å². The second-order valence-electron chi connectivity index (χ2n) is 6.06. The summed E-state index contributed by atoms with van der Waals surface area (Å²) in [6.45, 7) is 1.50. The van der Waals surface area contributed by atoms with E-state index in [1.165, 1.54) is 0 Å². The van der Waals surface area contributed by atoms with E-state index in [4.69, 9.17) is 0 Å². The van der Waals surface area contributed by atoms with Gasteiger partial charge in [0, 0.05) is 0 Å². The Kier molecular flexibility index (Phi) is 5.58. The van der Waals surface area contributed by atoms with Crippen molar-refractivity contribution in [3.05, 3.63) is 35.9 Å². The quantitative estimate of drug-likeness (QED) is 0.856. The largest absolute Gasteiger partial charge is 0.481 e. The molecule has 1 heterocycles. The van der Waals surface area contributed by atoms with Crippen molar-refractivity contribution in [3.63, 3.8) is 0 Å². The van der Waals surface area contributed by atoms with E-state index in [9.17, 15) is 18.3 Å². The molecule has 1 atom stereocenters. The van der Waals surface area contributed by atoms with Crippen molar-refractivity contribution in [2.75, 3.05) is 25.9 Å². The lowest BCUT2D eigenvalue weighted by molar-refractivity contribution is -0.140. The fourth-order valence-electron chi connectivity index (χ4n) is 2.88. The molecule has 0 unspecified atom stereocenters. The molecule has 1 saturated heterocycles. The molecule has 0 aliphatic carbocycles. The number of rotatable bonds is 6. The van der Waals surface area contributed by atoms with Gasteiger partial charge >= 0.3 is 5.97 Å². The number of hydrogen-bond acceptors (Lipinski definition) is 4. The fourth-order valence-corrected chi connectivity index (χ4v) is 4.90. The van der Waals surface area contributed by atoms with Crippen LogP contribution in [0.25, 0.3) is 0 Å². The van der Waals surface area contributed by atoms with Gasteiger partial charge in [0.2, 0.25) is 0 Å². The van der Waals surface area contributed by atoms with Gasteiger partial charge in [-0.1, -0.05) is 30.3 Å². The molecule has 1 aromatic rings. The molecule has 6 heteroatoms. The number of carbonyl (C=O) groups is 1. The Balaban J connectivity index is 2.05. The minimum absolute atomic E-state index is 0.252. The highest BCUT2D eigenvalue weighted by molar-refractivity contribution is 7.92. The van der Waals surface area contributed by atoms with Gasteiger partial charge in [0.05, 0.1) is 16.9 Å². The fraction of sp³-hybridized carbons (Fsp3) is 0.562. The molecule has 1 fully saturated rings. The molecule has 2 rings (SSSR count). The maximum atomic E-state index is 12.5. The van der Waals surface area contributed by atoms with Crippen LogP contribution < -0.4 is 0 Å². The van der Waals surface area contributed by atoms with Crippen LogP contribution in [0, 0.1) is 5.92 Å². The number of likely N-dealkylation sites (tertiary alicyclic amines) is 1. The molecule has 0 saturated carbocycles. The number of benzene rings is 1. The van der Waals surface area contributed by atoms with Gasteiger partial charge in [-0.3, -0.25) is 4.79 Å². The molecule has 1 aliphatic rings. The van der Waals surface area contributed by atoms with Gasteiger partial charge in [-0.25, -0.2) is 8.42 Å². The van der Waals surface area contributed by atoms with E-state index < -0.39 is 27.0 Å². The number of hydrogen-bond donors (Lipinski definition) is 1. The van der Waals surface area contributed by atoms with Crippen LogP contribution in [0.15, 0.2) is 30.3 Å². The zero-order valence-corrected chi connectivity index (χ0v) is 13.6. The molecule has 1 aliphatic heterocycles. The van der Waals surface area contributed by atoms with Crippen molar-refractivity contribution < 1.29 is 18.3 Å². The Labute approximate surface area is 131 Å². The number of nitrogens with zero attached hydrogens (tertiary/aromatic N) is 1. The minimum Gasteiger partial charge on any atom is -0.481 e. The Morgan fingerprint density at radius 1 is 1.27 bits per heavy atom. The van der Waals surface area contributed by atoms with Crippen molar-refractivity contribution in [2.24, 2.45) is 5.92 Å². The Morgan fingerprint density at radius 3 is 2.41 bits per heavy atom. The monoisotopic (exact) mass is 325 g/mol. The number of carboxylic acids is 1. The van der Waals surface area contributed by atoms with Crippen LogP contribution in [0.1, 0.15) is 18.4 Å². The van der Waals surface area contributed by atoms with Crippen LogP contribution in [-0.2, 0) is 21.1 Å². The lowest BCUT2D eigenvalue weighted by Gasteiger charge is -2.29. The van der Waals surface area contributed by atoms with Crippen LogP contribution >= 0.6 is 0 Å². The molecule has 0 amide bonds. The first-order valence-electron chi connectivity index (χ1n) is 7.55. The van der Waals surface area contributed by atoms with E-state index in [0.29, 0.717) is 12.8 Å². The Bertz CT molecular complexity index is 592. The maximum absolute atomic E-state index is 12.5. The van der Waals surface area contributed by atoms with Gasteiger partial charge in [-0.2, -0.15) is 0 Å². The van der Waals surface area contributed by atoms with Crippen LogP contribution in [0.2, 0.25) is 0 Å². The summed E-state index contributed by atoms with van der Waals surface area (Å²) >= 11 is 0. The van der Waals surface area contributed by atoms with Crippen molar-refractivity contribution in [1.82, 2.24) is 4.90 Å². The molecule has 122 valence electrons. The van der Waals surface area contributed by atoms with Crippen LogP contribution in [-0.4, -0.2) is 55.5 Å². The summed E-state index contributed by atoms with van der Waals surface area (Å²) < 4.78 is 25.0. The normalized spacial score (nSPS) is 19.0. The van der Waals surface area contributed by atoms with Crippen LogP contribution in [0.5, 0.6) is 0 Å². The number of aliphatic carboxylic acids is 1. The van der Waals surface area contributed by atoms with E-state index in [2.05, 4.69) is 4.90 Å². The average molecular weight is 325 g/mol. The van der Waals surface area contributed by atoms with Gasteiger partial charge < -0.3 is 10.0 Å². The van der Waals surface area contributed by atoms with Crippen molar-refractivity contribution in [2.45, 2.75) is 24.5 Å². The molecule has 0 aromatic heterocycles. The minimum atomic E-state index is -3.38. The topological polar surface area (TPSA) is 74.7 Å². The van der Waals surface area contributed by atoms with Crippen LogP contribution in [0.3, 0.4) is 0 Å². The number of carboxylic acid groups (broad SMARTS) is 1. The predicted molar refractivity (Wildman–Crippen MR) is 85.6 cm³/mol. The highest BCUT2D eigenvalue weighted by atomic mass is 32.2. The molecule has 0 radical (unpaired) electrons. The van der Waals surface area contributed by atoms with Gasteiger partial charge in [0.25, 0.3) is 0 Å². The van der Waals surface area contributed by atoms with Crippen LogP contribution in [0.4, 0.5) is 0 Å². The molecule has 5 nitrogen and oxygen atoms in total. The first-order chi connectivity index (χ1) is 10.4. The standard InChI is InChI=1S/C16H23NO4S/c1-17-9-7-15(8-10-17)22(20,21)12-14(16(18)19)11-13-5-3-2-4-6-13/h2-6,14-15H,7-12H2,1H3,(H,18,19)/t14-/m1/s1. The third kappa shape index (κ3) is 4.55. The lowest BCUT2D eigenvalue weighted by Crippen LogP contribution is -2.40. The zero-order chi connectivity index (χ0) is 16.2. The summed E-state index contributed by atoms with van der Waals surface area (Å²) in [5.41, 5.74) is 0.855. The summed E-state index contributed by atoms with van der Waals surface area (Å²) in [5.74, 6) is -2.20. The van der Waals surface area contributed by atoms with E-state index in [0.717, 1.165) is 18.7 Å². The third-order valence-corrected chi connectivity index (χ3v) is 6.64. The van der Waals surface area contributed by atoms with Crippen molar-refractivity contribution in [1.29, 1.82) is 0 Å². The average Bonchev–Trinajstić information content (AvgIpc) is 2.48. The molecule has 22 heavy (non-hydrogen) atoms. The van der Waals surface area contributed by atoms with Crippen molar-refractivity contribution >= 4 is 15.8 Å². The van der Waals surface area contributed by atoms with Crippen molar-refractivity contribution in [3.8, 4) is 0 Å². The smallest absolute Gasteiger partial charge is 0.307 e. The second kappa shape index (κ2) is 7.24. The number of sulfone groups is 1. The van der Waals surface area contributed by atoms with E-state index >= 15 is 0 Å². The lowest BCUT2D eigenvalue weighted by atomic mass is 10.0. The molecule has 0 bridgehead atoms. The first-order valence-corrected chi connectivity index (χ1v) is 9.27. The Hall–Kier alpha value is -1.40. The van der Waals surface area contributed by atoms with Gasteiger partial charge in [0.1, 0.15) is 0 Å². The van der Waals surface area contributed by atoms with E-state index in [-0.39, 0.29) is 12.2 Å². The summed E-state index contributed by atoms with van der Waals surface area (Å²) in [6, 6.07) is 9.18. The van der Waals surface area contributed by atoms with Gasteiger partial charge in [-0.15, -0.1) is 0 Å². The molecule has 1 aromatic carbocycles. The predicted octanol–water partition coefficient (Wildman–Crippen LogP) is 1.44. The number of piperidine rings is 1. The summed E-state index contributed by atoms with van der Waals surface area (Å²) in [6.07, 6.45) is 1.44. The summed E-state index contributed by atoms with van der Waals surface area (Å²) in [7, 11) is -1.41. The van der Waals surface area contributed by atoms with Gasteiger partial charge in [-0.05, 0) is 45.0 Å². The SMILES string of the molecule is CN1CCC(S(=O)(=O)C[C@@H](Cc2ccccc2)C(=O)O)CC1. The molecular weight excluding hydrogens is 302 g/mol. The zero-order valence-electron chi connectivity index (χ0n) is 12.8. The summed E-state index contributed by atoms with van der Waals surface area (Å²) in [5, 5.41) is 8.96. The third-order valence-electron chi connectivity index (χ3n) is 4.28. The summed E-state index contributed by atoms with van der Waals surface area (Å²) in [4.78, 5) is 13.5. The highest BCUT2D eigenvalue weighted by Crippen LogP contribution is 2.21. The first kappa shape index (κ1) is 17.0. The molecule has 0 spiro atoms. The second-order valence-corrected chi connectivity index (χ2v) is 8.38. The highest BCUT2D eigenvalue weighted by Gasteiger charge is 2.33. The molecule has 1 N–H and O–H groups in total.